The number of ether oxygens (including phenoxy) is 4. The van der Waals surface area contributed by atoms with Crippen LogP contribution in [0.5, 0.6) is 0 Å². The van der Waals surface area contributed by atoms with Crippen LogP contribution in [0.1, 0.15) is 387 Å². The number of phosphoric ester groups is 2. The Balaban J connectivity index is 5.31. The predicted molar refractivity (Wildman–Crippen MR) is 400 cm³/mol. The molecule has 0 aliphatic carbocycles. The van der Waals surface area contributed by atoms with E-state index in [0.717, 1.165) is 161 Å². The lowest BCUT2D eigenvalue weighted by Gasteiger charge is -2.21. The van der Waals surface area contributed by atoms with Crippen LogP contribution in [0, 0.1) is 0 Å². The van der Waals surface area contributed by atoms with Crippen molar-refractivity contribution in [3.63, 3.8) is 0 Å². The number of carbonyl (C=O) groups is 4. The molecule has 98 heavy (non-hydrogen) atoms. The molecule has 0 radical (unpaired) electrons. The first-order valence-corrected chi connectivity index (χ1v) is 43.2. The molecule has 3 N–H and O–H groups in total. The number of phosphoric acid groups is 2. The van der Waals surface area contributed by atoms with E-state index in [1.54, 1.807) is 0 Å². The van der Waals surface area contributed by atoms with Crippen LogP contribution < -0.4 is 0 Å². The Kier molecular flexibility index (Phi) is 70.6. The fraction of sp³-hybridized carbons (Fsp3) is 0.873. The summed E-state index contributed by atoms with van der Waals surface area (Å²) in [6, 6.07) is 0. The summed E-state index contributed by atoms with van der Waals surface area (Å²) in [6.07, 6.45) is 68.2. The lowest BCUT2D eigenvalue weighted by atomic mass is 10.0. The second kappa shape index (κ2) is 72.6. The van der Waals surface area contributed by atoms with Crippen molar-refractivity contribution >= 4 is 39.5 Å². The molecule has 19 heteroatoms. The zero-order chi connectivity index (χ0) is 71.8. The van der Waals surface area contributed by atoms with Gasteiger partial charge < -0.3 is 33.8 Å². The van der Waals surface area contributed by atoms with E-state index < -0.39 is 97.5 Å². The van der Waals surface area contributed by atoms with Gasteiger partial charge >= 0.3 is 39.5 Å². The maximum atomic E-state index is 13.1. The predicted octanol–water partition coefficient (Wildman–Crippen LogP) is 23.1. The zero-order valence-corrected chi connectivity index (χ0v) is 64.8. The van der Waals surface area contributed by atoms with Gasteiger partial charge in [-0.25, -0.2) is 9.13 Å². The first kappa shape index (κ1) is 95.3. The third-order valence-corrected chi connectivity index (χ3v) is 19.5. The van der Waals surface area contributed by atoms with Gasteiger partial charge in [0.2, 0.25) is 0 Å². The molecule has 0 saturated carbocycles. The van der Waals surface area contributed by atoms with Crippen molar-refractivity contribution in [2.75, 3.05) is 39.6 Å². The number of aliphatic hydroxyl groups excluding tert-OH is 1. The van der Waals surface area contributed by atoms with E-state index in [1.807, 2.05) is 0 Å². The Morgan fingerprint density at radius 3 is 0.714 bits per heavy atom. The SMILES string of the molecule is CCCCCC/C=C\CCCCCCCCCC(=O)OC[C@H](COP(=O)(O)OC[C@@H](O)COP(=O)(O)OC[C@@H](COC(=O)CCCCCCCCCCCCCCC)OC(=O)CCCCCCCCC/C=C\CCCCCC)OC(=O)CCCCCCCCC/C=C\CCCCCC. The number of allylic oxidation sites excluding steroid dienone is 6. The van der Waals surface area contributed by atoms with Gasteiger partial charge in [-0.2, -0.15) is 0 Å². The molecule has 576 valence electrons. The van der Waals surface area contributed by atoms with Crippen molar-refractivity contribution in [2.24, 2.45) is 0 Å². The van der Waals surface area contributed by atoms with E-state index in [4.69, 9.17) is 37.0 Å². The number of hydrogen-bond donors (Lipinski definition) is 3. The van der Waals surface area contributed by atoms with Crippen LogP contribution in [-0.4, -0.2) is 96.7 Å². The van der Waals surface area contributed by atoms with Gasteiger partial charge in [0.25, 0.3) is 0 Å². The fourth-order valence-electron chi connectivity index (χ4n) is 11.4. The summed E-state index contributed by atoms with van der Waals surface area (Å²) in [4.78, 5) is 72.9. The quantitative estimate of drug-likeness (QED) is 0.0169. The summed E-state index contributed by atoms with van der Waals surface area (Å²) in [7, 11) is -9.93. The molecule has 0 spiro atoms. The first-order valence-electron chi connectivity index (χ1n) is 40.2. The van der Waals surface area contributed by atoms with Gasteiger partial charge in [0, 0.05) is 25.7 Å². The van der Waals surface area contributed by atoms with Crippen molar-refractivity contribution in [2.45, 2.75) is 406 Å². The second-order valence-electron chi connectivity index (χ2n) is 27.4. The van der Waals surface area contributed by atoms with E-state index in [-0.39, 0.29) is 25.7 Å². The highest BCUT2D eigenvalue weighted by atomic mass is 31.2. The van der Waals surface area contributed by atoms with Gasteiger partial charge in [0.15, 0.2) is 12.2 Å². The summed E-state index contributed by atoms with van der Waals surface area (Å²) in [6.45, 7) is 4.92. The van der Waals surface area contributed by atoms with Crippen molar-refractivity contribution in [1.29, 1.82) is 0 Å². The van der Waals surface area contributed by atoms with Crippen LogP contribution in [0.25, 0.3) is 0 Å². The first-order chi connectivity index (χ1) is 47.7. The van der Waals surface area contributed by atoms with Gasteiger partial charge in [-0.05, 0) is 103 Å². The summed E-state index contributed by atoms with van der Waals surface area (Å²) >= 11 is 0. The molecule has 0 aromatic carbocycles. The lowest BCUT2D eigenvalue weighted by molar-refractivity contribution is -0.161. The average molecular weight is 1430 g/mol. The highest BCUT2D eigenvalue weighted by Crippen LogP contribution is 2.45. The Morgan fingerprint density at radius 2 is 0.469 bits per heavy atom. The maximum absolute atomic E-state index is 13.1. The monoisotopic (exact) mass is 1430 g/mol. The fourth-order valence-corrected chi connectivity index (χ4v) is 13.0. The van der Waals surface area contributed by atoms with Gasteiger partial charge in [-0.3, -0.25) is 37.3 Å². The second-order valence-corrected chi connectivity index (χ2v) is 30.3. The number of hydrogen-bond acceptors (Lipinski definition) is 15. The number of aliphatic hydroxyl groups is 1. The van der Waals surface area contributed by atoms with Crippen molar-refractivity contribution in [3.8, 4) is 0 Å². The smallest absolute Gasteiger partial charge is 0.462 e. The molecule has 0 aliphatic heterocycles. The lowest BCUT2D eigenvalue weighted by Crippen LogP contribution is -2.30. The molecule has 0 saturated heterocycles. The molecule has 0 aromatic rings. The number of esters is 4. The minimum absolute atomic E-state index is 0.0956. The molecule has 2 unspecified atom stereocenters. The van der Waals surface area contributed by atoms with Gasteiger partial charge in [0.05, 0.1) is 26.4 Å². The maximum Gasteiger partial charge on any atom is 0.472 e. The van der Waals surface area contributed by atoms with Crippen LogP contribution in [0.4, 0.5) is 0 Å². The van der Waals surface area contributed by atoms with Gasteiger partial charge in [-0.15, -0.1) is 0 Å². The Labute approximate surface area is 598 Å². The van der Waals surface area contributed by atoms with E-state index >= 15 is 0 Å². The molecule has 0 fully saturated rings. The molecule has 0 heterocycles. The van der Waals surface area contributed by atoms with E-state index in [9.17, 15) is 43.2 Å². The molecular formula is C79H148O17P2. The number of unbranched alkanes of at least 4 members (excludes halogenated alkanes) is 45. The molecule has 0 aliphatic rings. The molecular weight excluding hydrogens is 1280 g/mol. The molecule has 5 atom stereocenters. The summed E-state index contributed by atoms with van der Waals surface area (Å²) < 4.78 is 68.6. The van der Waals surface area contributed by atoms with Gasteiger partial charge in [0.1, 0.15) is 19.3 Å². The molecule has 17 nitrogen and oxygen atoms in total. The molecule has 0 bridgehead atoms. The molecule has 0 amide bonds. The average Bonchev–Trinajstić information content (AvgIpc) is 1.04. The van der Waals surface area contributed by atoms with E-state index in [1.165, 1.54) is 148 Å². The van der Waals surface area contributed by atoms with Gasteiger partial charge in [-0.1, -0.05) is 295 Å². The third kappa shape index (κ3) is 71.7. The Bertz CT molecular complexity index is 2000. The highest BCUT2D eigenvalue weighted by molar-refractivity contribution is 7.47. The van der Waals surface area contributed by atoms with Crippen LogP contribution >= 0.6 is 15.6 Å². The molecule has 0 aromatic heterocycles. The standard InChI is InChI=1S/C79H148O17P2/c1-5-9-13-17-21-25-29-33-36-40-44-48-52-56-60-64-77(82)90-70-75(96-79(84)66-62-58-54-50-46-42-38-35-31-27-23-19-15-11-7-3)72-94-98(87,88)92-68-73(80)67-91-97(85,86)93-71-74(69-89-76(81)63-59-55-51-47-43-39-32-28-24-20-16-12-8-4)95-78(83)65-61-57-53-49-45-41-37-34-30-26-22-18-14-10-6-2/h25-27,29-31,73-75,80H,5-24,28,32-72H2,1-4H3,(H,85,86)(H,87,88)/b29-25-,30-26-,31-27-/t73-,74+,75+/m0/s1. The highest BCUT2D eigenvalue weighted by Gasteiger charge is 2.30. The van der Waals surface area contributed by atoms with E-state index in [0.29, 0.717) is 25.7 Å². The Hall–Kier alpha value is -2.72. The van der Waals surface area contributed by atoms with Crippen LogP contribution in [0.15, 0.2) is 36.5 Å². The minimum Gasteiger partial charge on any atom is -0.462 e. The van der Waals surface area contributed by atoms with Crippen LogP contribution in [0.2, 0.25) is 0 Å². The normalized spacial score (nSPS) is 14.1. The summed E-state index contributed by atoms with van der Waals surface area (Å²) in [5, 5.41) is 10.6. The van der Waals surface area contributed by atoms with Crippen LogP contribution in [-0.2, 0) is 65.4 Å². The Morgan fingerprint density at radius 1 is 0.276 bits per heavy atom. The number of rotatable bonds is 77. The zero-order valence-electron chi connectivity index (χ0n) is 63.0. The van der Waals surface area contributed by atoms with Crippen molar-refractivity contribution in [3.05, 3.63) is 36.5 Å². The largest absolute Gasteiger partial charge is 0.472 e. The topological polar surface area (TPSA) is 237 Å². The molecule has 0 rings (SSSR count). The third-order valence-electron chi connectivity index (χ3n) is 17.6. The number of carbonyl (C=O) groups excluding carboxylic acids is 4. The van der Waals surface area contributed by atoms with Crippen LogP contribution in [0.3, 0.4) is 0 Å². The summed E-state index contributed by atoms with van der Waals surface area (Å²) in [5.41, 5.74) is 0. The summed E-state index contributed by atoms with van der Waals surface area (Å²) in [5.74, 6) is -2.14. The van der Waals surface area contributed by atoms with Crippen molar-refractivity contribution in [1.82, 2.24) is 0 Å². The minimum atomic E-state index is -4.97. The van der Waals surface area contributed by atoms with Crippen molar-refractivity contribution < 1.29 is 80.2 Å². The van der Waals surface area contributed by atoms with E-state index in [2.05, 4.69) is 64.2 Å².